The number of carboxylic acid groups (broad SMARTS) is 1. The van der Waals surface area contributed by atoms with E-state index in [1.165, 1.54) is 6.92 Å². The minimum absolute atomic E-state index is 0.0941. The van der Waals surface area contributed by atoms with Crippen molar-refractivity contribution in [3.05, 3.63) is 12.2 Å². The lowest BCUT2D eigenvalue weighted by molar-refractivity contribution is -0.131. The maximum absolute atomic E-state index is 10.9. The first-order chi connectivity index (χ1) is 6.93. The van der Waals surface area contributed by atoms with E-state index in [1.807, 2.05) is 0 Å². The molecule has 15 heavy (non-hydrogen) atoms. The summed E-state index contributed by atoms with van der Waals surface area (Å²) in [5.41, 5.74) is 5.23. The Labute approximate surface area is 86.3 Å². The molecule has 7 heteroatoms. The highest BCUT2D eigenvalue weighted by molar-refractivity contribution is 5.94. The van der Waals surface area contributed by atoms with E-state index in [4.69, 9.17) is 10.8 Å². The summed E-state index contributed by atoms with van der Waals surface area (Å²) >= 11 is 0. The summed E-state index contributed by atoms with van der Waals surface area (Å²) < 4.78 is 0. The van der Waals surface area contributed by atoms with Gasteiger partial charge in [-0.2, -0.15) is 0 Å². The summed E-state index contributed by atoms with van der Waals surface area (Å²) in [7, 11) is 0. The zero-order valence-corrected chi connectivity index (χ0v) is 8.19. The van der Waals surface area contributed by atoms with Gasteiger partial charge in [-0.1, -0.05) is 0 Å². The molecule has 0 saturated carbocycles. The highest BCUT2D eigenvalue weighted by Crippen LogP contribution is 1.75. The molecule has 2 amide bonds. The van der Waals surface area contributed by atoms with Crippen molar-refractivity contribution < 1.29 is 19.5 Å². The van der Waals surface area contributed by atoms with Crippen LogP contribution in [0.15, 0.2) is 12.2 Å². The van der Waals surface area contributed by atoms with Gasteiger partial charge in [-0.3, -0.25) is 9.59 Å². The SMILES string of the molecule is C[C@H](N)C(=O)NCNC(=O)/C=C/C(=O)O. The van der Waals surface area contributed by atoms with E-state index in [0.29, 0.717) is 6.08 Å². The third-order valence-corrected chi connectivity index (χ3v) is 1.32. The standard InChI is InChI=1S/C8H13N3O4/c1-5(9)8(15)11-4-10-6(12)2-3-7(13)14/h2-3,5H,4,9H2,1H3,(H,10,12)(H,11,15)(H,13,14)/b3-2+/t5-/m0/s1. The molecule has 0 bridgehead atoms. The first kappa shape index (κ1) is 13.1. The molecule has 1 atom stereocenters. The number of amides is 2. The van der Waals surface area contributed by atoms with E-state index >= 15 is 0 Å². The molecular formula is C8H13N3O4. The number of hydrogen-bond acceptors (Lipinski definition) is 4. The Kier molecular flexibility index (Phi) is 5.72. The van der Waals surface area contributed by atoms with Gasteiger partial charge in [-0.05, 0) is 6.92 Å². The van der Waals surface area contributed by atoms with Gasteiger partial charge in [-0.15, -0.1) is 0 Å². The largest absolute Gasteiger partial charge is 0.478 e. The summed E-state index contributed by atoms with van der Waals surface area (Å²) in [6.45, 7) is 1.41. The Morgan fingerprint density at radius 3 is 2.40 bits per heavy atom. The van der Waals surface area contributed by atoms with Crippen LogP contribution in [0, 0.1) is 0 Å². The number of rotatable bonds is 5. The first-order valence-corrected chi connectivity index (χ1v) is 4.15. The van der Waals surface area contributed by atoms with E-state index in [0.717, 1.165) is 6.08 Å². The van der Waals surface area contributed by atoms with Crippen molar-refractivity contribution in [2.75, 3.05) is 6.67 Å². The fraction of sp³-hybridized carbons (Fsp3) is 0.375. The third kappa shape index (κ3) is 7.20. The topological polar surface area (TPSA) is 122 Å². The molecule has 0 heterocycles. The molecule has 0 fully saturated rings. The highest BCUT2D eigenvalue weighted by atomic mass is 16.4. The van der Waals surface area contributed by atoms with Crippen molar-refractivity contribution in [3.8, 4) is 0 Å². The van der Waals surface area contributed by atoms with Crippen LogP contribution in [0.5, 0.6) is 0 Å². The van der Waals surface area contributed by atoms with Gasteiger partial charge in [0, 0.05) is 12.2 Å². The van der Waals surface area contributed by atoms with Crippen LogP contribution in [0.2, 0.25) is 0 Å². The highest BCUT2D eigenvalue weighted by Gasteiger charge is 2.05. The molecule has 0 aromatic rings. The number of carbonyl (C=O) groups is 3. The Hall–Kier alpha value is -1.89. The van der Waals surface area contributed by atoms with Gasteiger partial charge in [0.25, 0.3) is 0 Å². The molecule has 0 aromatic heterocycles. The average Bonchev–Trinajstić information content (AvgIpc) is 2.14. The van der Waals surface area contributed by atoms with Crippen molar-refractivity contribution in [3.63, 3.8) is 0 Å². The summed E-state index contributed by atoms with van der Waals surface area (Å²) in [4.78, 5) is 31.8. The maximum Gasteiger partial charge on any atom is 0.328 e. The first-order valence-electron chi connectivity index (χ1n) is 4.15. The zero-order valence-electron chi connectivity index (χ0n) is 8.19. The van der Waals surface area contributed by atoms with Gasteiger partial charge < -0.3 is 21.5 Å². The van der Waals surface area contributed by atoms with Gasteiger partial charge in [0.2, 0.25) is 11.8 Å². The second kappa shape index (κ2) is 6.55. The lowest BCUT2D eigenvalue weighted by Crippen LogP contribution is -2.43. The quantitative estimate of drug-likeness (QED) is 0.317. The number of nitrogens with one attached hydrogen (secondary N) is 2. The Morgan fingerprint density at radius 2 is 1.93 bits per heavy atom. The van der Waals surface area contributed by atoms with Gasteiger partial charge in [0.05, 0.1) is 12.7 Å². The molecule has 7 nitrogen and oxygen atoms in total. The molecule has 0 aliphatic rings. The third-order valence-electron chi connectivity index (χ3n) is 1.32. The van der Waals surface area contributed by atoms with E-state index in [2.05, 4.69) is 10.6 Å². The van der Waals surface area contributed by atoms with Crippen molar-refractivity contribution in [2.24, 2.45) is 5.73 Å². The summed E-state index contributed by atoms with van der Waals surface area (Å²) in [6, 6.07) is -0.656. The number of aliphatic carboxylic acids is 1. The van der Waals surface area contributed by atoms with Gasteiger partial charge in [-0.25, -0.2) is 4.79 Å². The molecule has 0 spiro atoms. The summed E-state index contributed by atoms with van der Waals surface area (Å²) in [6.07, 6.45) is 1.54. The van der Waals surface area contributed by atoms with E-state index in [1.54, 1.807) is 0 Å². The molecule has 0 rings (SSSR count). The average molecular weight is 215 g/mol. The Bertz CT molecular complexity index is 286. The van der Waals surface area contributed by atoms with E-state index in [9.17, 15) is 14.4 Å². The van der Waals surface area contributed by atoms with Crippen molar-refractivity contribution in [2.45, 2.75) is 13.0 Å². The predicted octanol–water partition coefficient (Wildman–Crippen LogP) is -1.84. The van der Waals surface area contributed by atoms with Crippen LogP contribution in [0.4, 0.5) is 0 Å². The minimum atomic E-state index is -1.22. The Morgan fingerprint density at radius 1 is 1.33 bits per heavy atom. The normalized spacial score (nSPS) is 12.1. The monoisotopic (exact) mass is 215 g/mol. The van der Waals surface area contributed by atoms with Crippen molar-refractivity contribution in [1.82, 2.24) is 10.6 Å². The maximum atomic E-state index is 10.9. The van der Waals surface area contributed by atoms with Gasteiger partial charge in [0.15, 0.2) is 0 Å². The van der Waals surface area contributed by atoms with Crippen LogP contribution < -0.4 is 16.4 Å². The molecule has 0 saturated heterocycles. The fourth-order valence-electron chi connectivity index (χ4n) is 0.585. The van der Waals surface area contributed by atoms with Crippen molar-refractivity contribution in [1.29, 1.82) is 0 Å². The molecule has 84 valence electrons. The van der Waals surface area contributed by atoms with Crippen LogP contribution in [0.3, 0.4) is 0 Å². The molecule has 0 aliphatic heterocycles. The number of carbonyl (C=O) groups excluding carboxylic acids is 2. The second-order valence-corrected chi connectivity index (χ2v) is 2.72. The number of nitrogens with two attached hydrogens (primary N) is 1. The van der Waals surface area contributed by atoms with Crippen LogP contribution in [0.1, 0.15) is 6.92 Å². The second-order valence-electron chi connectivity index (χ2n) is 2.72. The fourth-order valence-corrected chi connectivity index (χ4v) is 0.585. The minimum Gasteiger partial charge on any atom is -0.478 e. The zero-order chi connectivity index (χ0) is 11.8. The molecule has 0 radical (unpaired) electrons. The van der Waals surface area contributed by atoms with Crippen LogP contribution in [-0.4, -0.2) is 35.6 Å². The van der Waals surface area contributed by atoms with E-state index < -0.39 is 23.8 Å². The Balaban J connectivity index is 3.73. The molecule has 5 N–H and O–H groups in total. The molecular weight excluding hydrogens is 202 g/mol. The van der Waals surface area contributed by atoms with Gasteiger partial charge >= 0.3 is 5.97 Å². The number of carboxylic acids is 1. The van der Waals surface area contributed by atoms with E-state index in [-0.39, 0.29) is 6.67 Å². The molecule has 0 unspecified atom stereocenters. The van der Waals surface area contributed by atoms with Gasteiger partial charge in [0.1, 0.15) is 0 Å². The van der Waals surface area contributed by atoms with Crippen LogP contribution >= 0.6 is 0 Å². The molecule has 0 aliphatic carbocycles. The van der Waals surface area contributed by atoms with Crippen molar-refractivity contribution >= 4 is 17.8 Å². The lowest BCUT2D eigenvalue weighted by atomic mass is 10.3. The lowest BCUT2D eigenvalue weighted by Gasteiger charge is -2.07. The molecule has 0 aromatic carbocycles. The summed E-state index contributed by atoms with van der Waals surface area (Å²) in [5.74, 6) is -2.23. The van der Waals surface area contributed by atoms with Crippen LogP contribution in [0.25, 0.3) is 0 Å². The van der Waals surface area contributed by atoms with Crippen LogP contribution in [-0.2, 0) is 14.4 Å². The number of hydrogen-bond donors (Lipinski definition) is 4. The smallest absolute Gasteiger partial charge is 0.328 e. The predicted molar refractivity (Wildman–Crippen MR) is 51.6 cm³/mol. The summed E-state index contributed by atoms with van der Waals surface area (Å²) in [5, 5.41) is 12.8.